The molecular formula is C40H62N9O26P2-3. The lowest BCUT2D eigenvalue weighted by atomic mass is 9.96. The number of quaternary nitrogens is 1. The number of hydrogen-bond acceptors (Lipinski definition) is 26. The number of carbonyl (C=O) groups is 8. The van der Waals surface area contributed by atoms with E-state index in [9.17, 15) is 97.5 Å². The molecule has 3 rings (SSSR count). The van der Waals surface area contributed by atoms with E-state index in [0.717, 1.165) is 40.0 Å². The number of aromatic amines is 1. The highest BCUT2D eigenvalue weighted by atomic mass is 31.3. The fraction of sp³-hybridized carbons (Fsp3) is 0.700. The van der Waals surface area contributed by atoms with Gasteiger partial charge in [0, 0.05) is 25.6 Å². The first-order valence-electron chi connectivity index (χ1n) is 23.4. The summed E-state index contributed by atoms with van der Waals surface area (Å²) in [6.07, 6.45) is -16.9. The molecule has 2 saturated heterocycles. The zero-order valence-electron chi connectivity index (χ0n) is 41.8. The number of ether oxygens (including phenoxy) is 3. The fourth-order valence-corrected chi connectivity index (χ4v) is 9.33. The molecule has 0 saturated carbocycles. The minimum atomic E-state index is -6.26. The Kier molecular flexibility index (Phi) is 25.1. The molecule has 2 aliphatic heterocycles. The summed E-state index contributed by atoms with van der Waals surface area (Å²) < 4.78 is 56.0. The number of carboxylic acids is 2. The average molecular weight is 1150 g/mol. The second kappa shape index (κ2) is 29.4. The van der Waals surface area contributed by atoms with Gasteiger partial charge in [0.1, 0.15) is 66.9 Å². The molecule has 6 amide bonds. The van der Waals surface area contributed by atoms with Gasteiger partial charge in [-0.1, -0.05) is 0 Å². The number of hydrogen-bond donors (Lipinski definition) is 12. The number of nitrogens with one attached hydrogen (secondary N) is 7. The molecule has 0 radical (unpaired) electrons. The Morgan fingerprint density at radius 3 is 1.96 bits per heavy atom. The summed E-state index contributed by atoms with van der Waals surface area (Å²) in [7, 11) is -12.3. The molecule has 37 heteroatoms. The quantitative estimate of drug-likeness (QED) is 0.0251. The average Bonchev–Trinajstić information content (AvgIpc) is 3.61. The van der Waals surface area contributed by atoms with Crippen LogP contribution in [0, 0.1) is 0 Å². The molecule has 2 aliphatic rings. The van der Waals surface area contributed by atoms with Gasteiger partial charge in [-0.3, -0.25) is 56.8 Å². The predicted molar refractivity (Wildman–Crippen MR) is 242 cm³/mol. The van der Waals surface area contributed by atoms with Crippen LogP contribution in [0.25, 0.3) is 0 Å². The van der Waals surface area contributed by atoms with E-state index < -0.39 is 192 Å². The van der Waals surface area contributed by atoms with Crippen molar-refractivity contribution < 1.29 is 121 Å². The summed E-state index contributed by atoms with van der Waals surface area (Å²) >= 11 is 0. The summed E-state index contributed by atoms with van der Waals surface area (Å²) in [4.78, 5) is 151. The third kappa shape index (κ3) is 20.0. The molecule has 0 aromatic carbocycles. The van der Waals surface area contributed by atoms with Crippen LogP contribution in [-0.4, -0.2) is 182 Å². The molecule has 17 atom stereocenters. The lowest BCUT2D eigenvalue weighted by Gasteiger charge is -2.46. The maximum Gasteiger partial charge on any atom is 0.330 e. The third-order valence-corrected chi connectivity index (χ3v) is 13.9. The van der Waals surface area contributed by atoms with E-state index in [1.54, 1.807) is 0 Å². The first-order chi connectivity index (χ1) is 35.8. The Bertz CT molecular complexity index is 2480. The van der Waals surface area contributed by atoms with Crippen molar-refractivity contribution in [2.24, 2.45) is 0 Å². The number of aliphatic hydroxyl groups excluding tert-OH is 4. The normalized spacial score (nSPS) is 26.2. The topological polar surface area (TPSA) is 554 Å². The standard InChI is InChI=1S/C40H65N9O26P2/c1-16(32(57)44-18(3)37(61)62)43-35(60)21(8-6-7-12-41)46-25(52)10-9-22(38(63)64)47-33(58)17(2)42-34(59)19(4)71-31-27(45-20(5)51)39(73-23(14-50)29(31)55)74-77(68,69)75-76(66,67)70-15-24-28(54)30(56)36(72-24)49-13-11-26(53)48-40(49)65/h11,13,16-19,21-24,27-31,36,39,50,54-56H,6-10,12,14-15,41H2,1-5H3,(H,42,59)(H,43,60)(H,44,57)(H,45,51)(H,46,52)(H,47,58)(H,61,62)(H,63,64)(H,66,67)(H,68,69)(H,48,53,65)/p-3/t16-,17+,18-,19-,21+,22-,23-,24-,27-,28-,29-,30-,31-,36-,39?/m1/s1. The number of amides is 6. The van der Waals surface area contributed by atoms with Crippen molar-refractivity contribution in [2.45, 2.75) is 158 Å². The van der Waals surface area contributed by atoms with Crippen LogP contribution in [0.4, 0.5) is 0 Å². The van der Waals surface area contributed by atoms with Gasteiger partial charge in [0.25, 0.3) is 21.2 Å². The van der Waals surface area contributed by atoms with Crippen LogP contribution in [0.2, 0.25) is 0 Å². The first-order valence-corrected chi connectivity index (χ1v) is 26.3. The minimum Gasteiger partial charge on any atom is -0.756 e. The Labute approximate surface area is 436 Å². The lowest BCUT2D eigenvalue weighted by molar-refractivity contribution is -0.368. The van der Waals surface area contributed by atoms with E-state index in [1.165, 1.54) is 6.92 Å². The van der Waals surface area contributed by atoms with Crippen LogP contribution in [-0.2, 0) is 75.1 Å². The van der Waals surface area contributed by atoms with Gasteiger partial charge in [0.15, 0.2) is 12.5 Å². The van der Waals surface area contributed by atoms with E-state index in [-0.39, 0.29) is 6.42 Å². The monoisotopic (exact) mass is 1150 g/mol. The zero-order chi connectivity index (χ0) is 58.3. The first kappa shape index (κ1) is 65.7. The molecule has 436 valence electrons. The van der Waals surface area contributed by atoms with Crippen LogP contribution in [0.15, 0.2) is 21.9 Å². The summed E-state index contributed by atoms with van der Waals surface area (Å²) in [5, 5.41) is 78.2. The smallest absolute Gasteiger partial charge is 0.330 e. The second-order valence-electron chi connectivity index (χ2n) is 17.5. The molecule has 3 unspecified atom stereocenters. The SMILES string of the molecule is CC(=O)N[C@H]1C(OP(=O)([O-])OP(=O)([O-])OC[C@H]2O[C@@H](n3ccc(=O)[nH]c3=O)[C@H](O)[C@@H]2O)O[C@H](CO)[C@@H](O)[C@@H]1O[C@H](C)C(=O)N[C@@H](C)C(=O)N[C@H](CCC(=O)N[C@@H](CCCC[NH3+])C(=O)N[C@H](C)C(=O)N[C@H](C)C(=O)[O-])C(=O)[O-]. The van der Waals surface area contributed by atoms with E-state index in [1.807, 2.05) is 4.98 Å². The van der Waals surface area contributed by atoms with Gasteiger partial charge in [-0.2, -0.15) is 0 Å². The largest absolute Gasteiger partial charge is 0.756 e. The second-order valence-corrected chi connectivity index (χ2v) is 20.4. The third-order valence-electron chi connectivity index (χ3n) is 11.4. The number of aliphatic hydroxyl groups is 4. The highest BCUT2D eigenvalue weighted by molar-refractivity contribution is 7.59. The molecule has 35 nitrogen and oxygen atoms in total. The summed E-state index contributed by atoms with van der Waals surface area (Å²) in [6, 6.07) is -8.52. The molecule has 0 aliphatic carbocycles. The van der Waals surface area contributed by atoms with Crippen molar-refractivity contribution in [3.05, 3.63) is 33.1 Å². The number of H-pyrrole nitrogens is 1. The summed E-state index contributed by atoms with van der Waals surface area (Å²) in [6.45, 7) is 3.46. The number of phosphoric ester groups is 2. The van der Waals surface area contributed by atoms with Crippen LogP contribution < -0.4 is 68.9 Å². The molecule has 1 aromatic heterocycles. The summed E-state index contributed by atoms with van der Waals surface area (Å²) in [5.41, 5.74) is 1.78. The molecule has 0 bridgehead atoms. The Morgan fingerprint density at radius 1 is 0.779 bits per heavy atom. The van der Waals surface area contributed by atoms with Gasteiger partial charge in [0.2, 0.25) is 35.4 Å². The van der Waals surface area contributed by atoms with E-state index in [2.05, 4.69) is 46.5 Å². The number of phosphoric acid groups is 2. The molecule has 0 spiro atoms. The number of carboxylic acid groups (broad SMARTS) is 2. The Hall–Kier alpha value is -5.62. The Balaban J connectivity index is 1.65. The van der Waals surface area contributed by atoms with Crippen molar-refractivity contribution in [3.63, 3.8) is 0 Å². The van der Waals surface area contributed by atoms with Crippen LogP contribution in [0.1, 0.15) is 73.0 Å². The number of aromatic nitrogens is 2. The summed E-state index contributed by atoms with van der Waals surface area (Å²) in [5.74, 6) is -9.38. The van der Waals surface area contributed by atoms with Gasteiger partial charge in [-0.15, -0.1) is 0 Å². The van der Waals surface area contributed by atoms with Crippen molar-refractivity contribution in [1.29, 1.82) is 0 Å². The van der Waals surface area contributed by atoms with Crippen molar-refractivity contribution in [2.75, 3.05) is 19.8 Å². The van der Waals surface area contributed by atoms with E-state index in [4.69, 9.17) is 18.7 Å². The Morgan fingerprint density at radius 2 is 1.39 bits per heavy atom. The molecule has 14 N–H and O–H groups in total. The maximum absolute atomic E-state index is 13.3. The maximum atomic E-state index is 13.3. The number of nitrogens with zero attached hydrogens (tertiary/aromatic N) is 1. The van der Waals surface area contributed by atoms with E-state index >= 15 is 0 Å². The number of rotatable bonds is 30. The molecular weight excluding hydrogens is 1080 g/mol. The molecule has 77 heavy (non-hydrogen) atoms. The van der Waals surface area contributed by atoms with Gasteiger partial charge >= 0.3 is 5.69 Å². The molecule has 1 aromatic rings. The van der Waals surface area contributed by atoms with Crippen LogP contribution >= 0.6 is 15.6 Å². The van der Waals surface area contributed by atoms with E-state index in [0.29, 0.717) is 24.0 Å². The molecule has 2 fully saturated rings. The van der Waals surface area contributed by atoms with Gasteiger partial charge in [-0.25, -0.2) is 9.11 Å². The zero-order valence-corrected chi connectivity index (χ0v) is 43.6. The molecule has 3 heterocycles. The van der Waals surface area contributed by atoms with Gasteiger partial charge in [-0.05, 0) is 53.4 Å². The lowest BCUT2D eigenvalue weighted by Crippen LogP contribution is -2.66. The number of unbranched alkanes of at least 4 members (excludes halogenated alkanes) is 1. The van der Waals surface area contributed by atoms with Crippen molar-refractivity contribution >= 4 is 63.0 Å². The highest BCUT2D eigenvalue weighted by Gasteiger charge is 2.50. The van der Waals surface area contributed by atoms with Crippen LogP contribution in [0.3, 0.4) is 0 Å². The van der Waals surface area contributed by atoms with Gasteiger partial charge < -0.3 is 106 Å². The fourth-order valence-electron chi connectivity index (χ4n) is 7.24. The number of aliphatic carboxylic acids is 2. The van der Waals surface area contributed by atoms with Crippen molar-refractivity contribution in [3.8, 4) is 0 Å². The highest BCUT2D eigenvalue weighted by Crippen LogP contribution is 2.57. The van der Waals surface area contributed by atoms with Crippen molar-refractivity contribution in [1.82, 2.24) is 41.5 Å². The number of carbonyl (C=O) groups excluding carboxylic acids is 8. The predicted octanol–water partition coefficient (Wildman–Crippen LogP) is -11.3. The minimum absolute atomic E-state index is 0.0470. The van der Waals surface area contributed by atoms with Gasteiger partial charge in [0.05, 0.1) is 43.8 Å². The van der Waals surface area contributed by atoms with Crippen LogP contribution in [0.5, 0.6) is 0 Å².